The van der Waals surface area contributed by atoms with Crippen molar-refractivity contribution in [2.45, 2.75) is 117 Å². The fourth-order valence-corrected chi connectivity index (χ4v) is 5.40. The van der Waals surface area contributed by atoms with Crippen LogP contribution in [0.5, 0.6) is 0 Å². The molecule has 7 nitrogen and oxygen atoms in total. The molecule has 1 fully saturated rings. The summed E-state index contributed by atoms with van der Waals surface area (Å²) < 4.78 is 45.8. The Morgan fingerprint density at radius 3 is 1.90 bits per heavy atom. The van der Waals surface area contributed by atoms with Crippen LogP contribution in [0.4, 0.5) is 13.6 Å². The number of nitrogens with zero attached hydrogens (tertiary/aromatic N) is 1. The lowest BCUT2D eigenvalue weighted by molar-refractivity contribution is -0.172. The lowest BCUT2D eigenvalue weighted by atomic mass is 9.86. The number of hydrogen-bond acceptors (Lipinski definition) is 6. The van der Waals surface area contributed by atoms with E-state index in [0.717, 1.165) is 25.7 Å². The molecule has 0 spiro atoms. The van der Waals surface area contributed by atoms with Crippen molar-refractivity contribution >= 4 is 18.0 Å². The molecule has 1 unspecified atom stereocenters. The average molecular weight is 568 g/mol. The Kier molecular flexibility index (Phi) is 14.4. The van der Waals surface area contributed by atoms with E-state index in [1.807, 2.05) is 0 Å². The van der Waals surface area contributed by atoms with Crippen molar-refractivity contribution in [3.8, 4) is 0 Å². The van der Waals surface area contributed by atoms with Gasteiger partial charge in [-0.25, -0.2) is 13.6 Å². The molecule has 1 saturated carbocycles. The van der Waals surface area contributed by atoms with Crippen molar-refractivity contribution in [1.29, 1.82) is 0 Å². The van der Waals surface area contributed by atoms with Crippen molar-refractivity contribution in [3.05, 3.63) is 34.9 Å². The Labute approximate surface area is 237 Å². The number of rotatable bonds is 17. The molecule has 0 radical (unpaired) electrons. The fourth-order valence-electron chi connectivity index (χ4n) is 5.40. The summed E-state index contributed by atoms with van der Waals surface area (Å²) in [6.07, 6.45) is 8.97. The molecule has 0 heterocycles. The topological polar surface area (TPSA) is 82.1 Å². The van der Waals surface area contributed by atoms with Crippen molar-refractivity contribution in [1.82, 2.24) is 4.90 Å². The summed E-state index contributed by atoms with van der Waals surface area (Å²) >= 11 is 0. The molecule has 1 aromatic rings. The second-order valence-corrected chi connectivity index (χ2v) is 10.5. The van der Waals surface area contributed by atoms with Crippen LogP contribution in [0.3, 0.4) is 0 Å². The molecule has 0 aliphatic heterocycles. The van der Waals surface area contributed by atoms with Crippen LogP contribution in [0.15, 0.2) is 12.1 Å². The predicted octanol–water partition coefficient (Wildman–Crippen LogP) is 7.27. The number of carbonyl (C=O) groups is 3. The van der Waals surface area contributed by atoms with Crippen molar-refractivity contribution in [3.63, 3.8) is 0 Å². The summed E-state index contributed by atoms with van der Waals surface area (Å²) in [6.45, 7) is 7.11. The van der Waals surface area contributed by atoms with E-state index in [0.29, 0.717) is 12.0 Å². The summed E-state index contributed by atoms with van der Waals surface area (Å²) in [5.41, 5.74) is -1.24. The summed E-state index contributed by atoms with van der Waals surface area (Å²) in [7, 11) is 0. The van der Waals surface area contributed by atoms with Gasteiger partial charge in [-0.1, -0.05) is 64.0 Å². The molecule has 1 aromatic carbocycles. The second-order valence-electron chi connectivity index (χ2n) is 10.5. The summed E-state index contributed by atoms with van der Waals surface area (Å²) in [5.74, 6) is -3.31. The summed E-state index contributed by atoms with van der Waals surface area (Å²) in [6, 6.07) is 2.45. The zero-order valence-corrected chi connectivity index (χ0v) is 24.7. The number of ether oxygens (including phenoxy) is 3. The third-order valence-electron chi connectivity index (χ3n) is 7.65. The van der Waals surface area contributed by atoms with Gasteiger partial charge in [0, 0.05) is 11.6 Å². The van der Waals surface area contributed by atoms with E-state index in [2.05, 4.69) is 6.92 Å². The van der Waals surface area contributed by atoms with Crippen LogP contribution in [0.1, 0.15) is 109 Å². The van der Waals surface area contributed by atoms with E-state index in [9.17, 15) is 14.4 Å². The molecule has 226 valence electrons. The van der Waals surface area contributed by atoms with Gasteiger partial charge in [0.05, 0.1) is 26.4 Å². The Hall–Kier alpha value is -2.71. The van der Waals surface area contributed by atoms with Crippen molar-refractivity contribution in [2.75, 3.05) is 19.8 Å². The van der Waals surface area contributed by atoms with E-state index >= 15 is 8.78 Å². The molecule has 1 atom stereocenters. The Balaban J connectivity index is 2.14. The minimum atomic E-state index is -1.56. The lowest BCUT2D eigenvalue weighted by Crippen LogP contribution is -2.44. The highest BCUT2D eigenvalue weighted by Gasteiger charge is 2.55. The van der Waals surface area contributed by atoms with Crippen LogP contribution >= 0.6 is 0 Å². The molecule has 1 aliphatic carbocycles. The van der Waals surface area contributed by atoms with Crippen LogP contribution in [0, 0.1) is 17.0 Å². The molecule has 0 aromatic heterocycles. The number of hydrogen-bond donors (Lipinski definition) is 0. The van der Waals surface area contributed by atoms with Crippen LogP contribution in [0.2, 0.25) is 0 Å². The van der Waals surface area contributed by atoms with Gasteiger partial charge in [-0.15, -0.1) is 0 Å². The zero-order valence-electron chi connectivity index (χ0n) is 24.7. The van der Waals surface area contributed by atoms with Crippen LogP contribution in [-0.2, 0) is 36.8 Å². The predicted molar refractivity (Wildman–Crippen MR) is 149 cm³/mol. The lowest BCUT2D eigenvalue weighted by Gasteiger charge is -2.30. The van der Waals surface area contributed by atoms with Gasteiger partial charge in [0.1, 0.15) is 0 Å². The largest absolute Gasteiger partial charge is 0.465 e. The average Bonchev–Trinajstić information content (AvgIpc) is 3.39. The third-order valence-corrected chi connectivity index (χ3v) is 7.65. The van der Waals surface area contributed by atoms with Gasteiger partial charge >= 0.3 is 18.0 Å². The SMILES string of the molecule is CCCCCCCCCCc1ccc(CN(C(=O)OCC)C2CCC(C(=O)OCC)(C(=O)OCC)C2)c(F)c1F. The smallest absolute Gasteiger partial charge is 0.410 e. The van der Waals surface area contributed by atoms with Gasteiger partial charge in [0.25, 0.3) is 0 Å². The van der Waals surface area contributed by atoms with E-state index in [4.69, 9.17) is 14.2 Å². The highest BCUT2D eigenvalue weighted by molar-refractivity contribution is 6.00. The number of halogens is 2. The second kappa shape index (κ2) is 17.2. The van der Waals surface area contributed by atoms with Crippen LogP contribution < -0.4 is 0 Å². The van der Waals surface area contributed by atoms with E-state index in [1.54, 1.807) is 26.8 Å². The van der Waals surface area contributed by atoms with Crippen LogP contribution in [-0.4, -0.2) is 48.8 Å². The maximum absolute atomic E-state index is 15.2. The molecule has 9 heteroatoms. The third kappa shape index (κ3) is 8.90. The molecule has 1 aliphatic rings. The molecular formula is C31H47F2NO6. The van der Waals surface area contributed by atoms with Gasteiger partial charge in [-0.2, -0.15) is 0 Å². The molecule has 0 saturated heterocycles. The van der Waals surface area contributed by atoms with E-state index in [-0.39, 0.29) is 51.2 Å². The van der Waals surface area contributed by atoms with E-state index < -0.39 is 41.1 Å². The number of unbranched alkanes of at least 4 members (excludes halogenated alkanes) is 7. The van der Waals surface area contributed by atoms with E-state index in [1.165, 1.54) is 36.6 Å². The highest BCUT2D eigenvalue weighted by Crippen LogP contribution is 2.43. The molecule has 40 heavy (non-hydrogen) atoms. The fraction of sp³-hybridized carbons (Fsp3) is 0.710. The van der Waals surface area contributed by atoms with Gasteiger partial charge in [-0.05, 0) is 58.4 Å². The van der Waals surface area contributed by atoms with Gasteiger partial charge in [-0.3, -0.25) is 9.59 Å². The minimum Gasteiger partial charge on any atom is -0.465 e. The number of esters is 2. The first kappa shape index (κ1) is 33.5. The maximum Gasteiger partial charge on any atom is 0.410 e. The molecule has 0 N–H and O–H groups in total. The van der Waals surface area contributed by atoms with Crippen LogP contribution in [0.25, 0.3) is 0 Å². The number of carbonyl (C=O) groups excluding carboxylic acids is 3. The quantitative estimate of drug-likeness (QED) is 0.0852. The maximum atomic E-state index is 15.2. The zero-order chi connectivity index (χ0) is 29.5. The van der Waals surface area contributed by atoms with Gasteiger partial charge < -0.3 is 19.1 Å². The summed E-state index contributed by atoms with van der Waals surface area (Å²) in [5, 5.41) is 0. The first-order chi connectivity index (χ1) is 19.2. The minimum absolute atomic E-state index is 0.00926. The molecular weight excluding hydrogens is 520 g/mol. The van der Waals surface area contributed by atoms with Crippen molar-refractivity contribution < 1.29 is 37.4 Å². The molecule has 0 bridgehead atoms. The standard InChI is InChI=1S/C31H47F2NO6/c1-5-9-10-11-12-13-14-15-16-23-17-18-24(27(33)26(23)32)22-34(30(37)40-8-4)25-19-20-31(21-25,28(35)38-6-2)29(36)39-7-3/h17-18,25H,5-16,19-22H2,1-4H3. The Bertz CT molecular complexity index is 951. The normalized spacial score (nSPS) is 16.0. The number of aryl methyl sites for hydroxylation is 1. The highest BCUT2D eigenvalue weighted by atomic mass is 19.2. The van der Waals surface area contributed by atoms with Gasteiger partial charge in [0.2, 0.25) is 0 Å². The molecule has 1 amide bonds. The Morgan fingerprint density at radius 1 is 0.800 bits per heavy atom. The first-order valence-electron chi connectivity index (χ1n) is 15.0. The number of benzene rings is 1. The van der Waals surface area contributed by atoms with Gasteiger partial charge in [0.15, 0.2) is 17.0 Å². The first-order valence-corrected chi connectivity index (χ1v) is 15.0. The Morgan fingerprint density at radius 2 is 1.32 bits per heavy atom. The summed E-state index contributed by atoms with van der Waals surface area (Å²) in [4.78, 5) is 39.9. The monoisotopic (exact) mass is 567 g/mol. The molecule has 2 rings (SSSR count). The number of amides is 1. The van der Waals surface area contributed by atoms with Crippen molar-refractivity contribution in [2.24, 2.45) is 5.41 Å².